The molecule has 0 spiro atoms. The highest BCUT2D eigenvalue weighted by atomic mass is 32.2. The van der Waals surface area contributed by atoms with E-state index in [0.717, 1.165) is 4.68 Å². The van der Waals surface area contributed by atoms with Crippen molar-refractivity contribution in [2.24, 2.45) is 10.9 Å². The van der Waals surface area contributed by atoms with E-state index in [9.17, 15) is 26.4 Å². The van der Waals surface area contributed by atoms with Crippen LogP contribution in [0, 0.1) is 0 Å². The lowest BCUT2D eigenvalue weighted by atomic mass is 10.1. The van der Waals surface area contributed by atoms with Crippen molar-refractivity contribution in [3.63, 3.8) is 0 Å². The molecule has 2 aromatic carbocycles. The molecule has 4 aromatic rings. The Labute approximate surface area is 202 Å². The van der Waals surface area contributed by atoms with Crippen LogP contribution >= 0.6 is 0 Å². The molecular formula is C22H18F3N7O3S. The number of primary sulfonamides is 1. The van der Waals surface area contributed by atoms with Gasteiger partial charge in [-0.3, -0.25) is 10.1 Å². The summed E-state index contributed by atoms with van der Waals surface area (Å²) in [7, 11) is -3.85. The van der Waals surface area contributed by atoms with Gasteiger partial charge in [-0.05, 0) is 35.4 Å². The first-order chi connectivity index (χ1) is 17.0. The van der Waals surface area contributed by atoms with Crippen LogP contribution in [0.15, 0.2) is 71.9 Å². The number of carbonyl (C=O) groups excluding carboxylic acids is 1. The van der Waals surface area contributed by atoms with E-state index in [4.69, 9.17) is 10.9 Å². The summed E-state index contributed by atoms with van der Waals surface area (Å²) in [5.41, 5.74) is 5.91. The zero-order chi connectivity index (χ0) is 26.1. The summed E-state index contributed by atoms with van der Waals surface area (Å²) < 4.78 is 63.7. The number of alkyl halides is 3. The van der Waals surface area contributed by atoms with Crippen molar-refractivity contribution in [3.05, 3.63) is 83.9 Å². The van der Waals surface area contributed by atoms with Crippen LogP contribution in [0.4, 0.5) is 19.1 Å². The maximum absolute atomic E-state index is 13.3. The summed E-state index contributed by atoms with van der Waals surface area (Å²) in [4.78, 5) is 20.9. The van der Waals surface area contributed by atoms with Crippen molar-refractivity contribution in [2.45, 2.75) is 17.6 Å². The summed E-state index contributed by atoms with van der Waals surface area (Å²) >= 11 is 0. The number of rotatable bonds is 6. The van der Waals surface area contributed by atoms with Crippen LogP contribution < -0.4 is 16.2 Å². The summed E-state index contributed by atoms with van der Waals surface area (Å²) in [6.07, 6.45) is -2.06. The minimum absolute atomic E-state index is 0.0668. The predicted molar refractivity (Wildman–Crippen MR) is 123 cm³/mol. The van der Waals surface area contributed by atoms with Gasteiger partial charge in [0.1, 0.15) is 5.69 Å². The molecule has 1 amide bonds. The van der Waals surface area contributed by atoms with Crippen molar-refractivity contribution in [2.75, 3.05) is 5.32 Å². The van der Waals surface area contributed by atoms with E-state index in [-0.39, 0.29) is 28.8 Å². The Kier molecular flexibility index (Phi) is 6.58. The molecule has 10 nitrogen and oxygen atoms in total. The quantitative estimate of drug-likeness (QED) is 0.355. The SMILES string of the molecule is NCc1cccc(-n2nc(C(F)(F)F)cc2C(=O)Nc2ncc(-c3ccc(S(N)(=O)=O)cc3)cn2)c1. The van der Waals surface area contributed by atoms with Crippen molar-refractivity contribution in [1.82, 2.24) is 19.7 Å². The Hall–Kier alpha value is -4.14. The molecule has 0 aliphatic carbocycles. The highest BCUT2D eigenvalue weighted by Crippen LogP contribution is 2.30. The van der Waals surface area contributed by atoms with Crippen molar-refractivity contribution in [3.8, 4) is 16.8 Å². The van der Waals surface area contributed by atoms with E-state index in [0.29, 0.717) is 22.8 Å². The van der Waals surface area contributed by atoms with Crippen LogP contribution in [-0.4, -0.2) is 34.1 Å². The maximum atomic E-state index is 13.3. The molecule has 36 heavy (non-hydrogen) atoms. The first-order valence-electron chi connectivity index (χ1n) is 10.2. The Morgan fingerprint density at radius 2 is 1.67 bits per heavy atom. The smallest absolute Gasteiger partial charge is 0.326 e. The van der Waals surface area contributed by atoms with E-state index in [1.807, 2.05) is 0 Å². The zero-order valence-corrected chi connectivity index (χ0v) is 19.1. The molecule has 14 heteroatoms. The van der Waals surface area contributed by atoms with Crippen LogP contribution in [0.3, 0.4) is 0 Å². The number of hydrogen-bond acceptors (Lipinski definition) is 7. The normalized spacial score (nSPS) is 11.9. The largest absolute Gasteiger partial charge is 0.435 e. The second-order valence-corrected chi connectivity index (χ2v) is 9.08. The molecule has 5 N–H and O–H groups in total. The minimum Gasteiger partial charge on any atom is -0.326 e. The van der Waals surface area contributed by atoms with Gasteiger partial charge in [0.2, 0.25) is 16.0 Å². The van der Waals surface area contributed by atoms with Crippen molar-refractivity contribution in [1.29, 1.82) is 0 Å². The summed E-state index contributed by atoms with van der Waals surface area (Å²) in [6, 6.07) is 12.6. The lowest BCUT2D eigenvalue weighted by Gasteiger charge is -2.09. The monoisotopic (exact) mass is 517 g/mol. The third kappa shape index (κ3) is 5.40. The number of nitrogens with one attached hydrogen (secondary N) is 1. The van der Waals surface area contributed by atoms with E-state index in [2.05, 4.69) is 20.4 Å². The molecule has 2 aromatic heterocycles. The average molecular weight is 517 g/mol. The number of nitrogens with zero attached hydrogens (tertiary/aromatic N) is 4. The fourth-order valence-corrected chi connectivity index (χ4v) is 3.75. The van der Waals surface area contributed by atoms with Crippen LogP contribution in [0.5, 0.6) is 0 Å². The van der Waals surface area contributed by atoms with Crippen LogP contribution in [0.1, 0.15) is 21.7 Å². The zero-order valence-electron chi connectivity index (χ0n) is 18.3. The third-order valence-corrected chi connectivity index (χ3v) is 5.95. The Morgan fingerprint density at radius 3 is 2.25 bits per heavy atom. The van der Waals surface area contributed by atoms with Crippen molar-refractivity contribution < 1.29 is 26.4 Å². The van der Waals surface area contributed by atoms with E-state index < -0.39 is 27.8 Å². The number of halogens is 3. The van der Waals surface area contributed by atoms with Gasteiger partial charge in [-0.1, -0.05) is 24.3 Å². The van der Waals surface area contributed by atoms with Gasteiger partial charge >= 0.3 is 6.18 Å². The molecule has 0 radical (unpaired) electrons. The van der Waals surface area contributed by atoms with Crippen LogP contribution in [0.25, 0.3) is 16.8 Å². The molecule has 0 unspecified atom stereocenters. The molecule has 0 atom stereocenters. The number of benzene rings is 2. The van der Waals surface area contributed by atoms with Gasteiger partial charge in [-0.15, -0.1) is 0 Å². The molecule has 2 heterocycles. The number of carbonyl (C=O) groups is 1. The van der Waals surface area contributed by atoms with Gasteiger partial charge in [0.15, 0.2) is 5.69 Å². The molecule has 4 rings (SSSR count). The lowest BCUT2D eigenvalue weighted by molar-refractivity contribution is -0.141. The molecule has 0 saturated heterocycles. The number of anilines is 1. The topological polar surface area (TPSA) is 159 Å². The van der Waals surface area contributed by atoms with E-state index >= 15 is 0 Å². The van der Waals surface area contributed by atoms with Gasteiger partial charge in [0, 0.05) is 30.6 Å². The lowest BCUT2D eigenvalue weighted by Crippen LogP contribution is -2.18. The highest BCUT2D eigenvalue weighted by molar-refractivity contribution is 7.89. The van der Waals surface area contributed by atoms with Gasteiger partial charge < -0.3 is 5.73 Å². The van der Waals surface area contributed by atoms with Gasteiger partial charge in [-0.2, -0.15) is 18.3 Å². The van der Waals surface area contributed by atoms with Gasteiger partial charge in [0.05, 0.1) is 10.6 Å². The fourth-order valence-electron chi connectivity index (χ4n) is 3.24. The molecule has 0 fully saturated rings. The van der Waals surface area contributed by atoms with Crippen LogP contribution in [-0.2, 0) is 22.7 Å². The van der Waals surface area contributed by atoms with E-state index in [1.165, 1.54) is 48.8 Å². The van der Waals surface area contributed by atoms with Gasteiger partial charge in [-0.25, -0.2) is 28.2 Å². The third-order valence-electron chi connectivity index (χ3n) is 5.02. The first kappa shape index (κ1) is 25.0. The Bertz CT molecular complexity index is 1520. The summed E-state index contributed by atoms with van der Waals surface area (Å²) in [6.45, 7) is 0.147. The highest BCUT2D eigenvalue weighted by Gasteiger charge is 2.36. The number of hydrogen-bond donors (Lipinski definition) is 3. The number of sulfonamides is 1. The molecule has 0 aliphatic rings. The minimum atomic E-state index is -4.78. The molecule has 0 saturated carbocycles. The maximum Gasteiger partial charge on any atom is 0.435 e. The standard InChI is InChI=1S/C22H18F3N7O3S/c23-22(24,25)19-9-18(32(31-19)16-3-1-2-13(8-16)10-26)20(33)30-21-28-11-15(12-29-21)14-4-6-17(7-5-14)36(27,34)35/h1-9,11-12H,10,26H2,(H2,27,34,35)(H,28,29,30,33). The van der Waals surface area contributed by atoms with Crippen molar-refractivity contribution >= 4 is 21.9 Å². The summed E-state index contributed by atoms with van der Waals surface area (Å²) in [5.74, 6) is -1.08. The molecule has 0 bridgehead atoms. The fraction of sp³-hybridized carbons (Fsp3) is 0.0909. The van der Waals surface area contributed by atoms with Crippen LogP contribution in [0.2, 0.25) is 0 Å². The molecule has 0 aliphatic heterocycles. The Balaban J connectivity index is 1.60. The average Bonchev–Trinajstić information content (AvgIpc) is 3.31. The molecular weight excluding hydrogens is 499 g/mol. The number of amides is 1. The second kappa shape index (κ2) is 9.49. The Morgan fingerprint density at radius 1 is 1.00 bits per heavy atom. The summed E-state index contributed by atoms with van der Waals surface area (Å²) in [5, 5.41) is 11.0. The number of nitrogens with two attached hydrogens (primary N) is 2. The van der Waals surface area contributed by atoms with Gasteiger partial charge in [0.25, 0.3) is 5.91 Å². The predicted octanol–water partition coefficient (Wildman–Crippen LogP) is 2.71. The second-order valence-electron chi connectivity index (χ2n) is 7.52. The number of aromatic nitrogens is 4. The molecule has 186 valence electrons. The first-order valence-corrected chi connectivity index (χ1v) is 11.7. The van der Waals surface area contributed by atoms with E-state index in [1.54, 1.807) is 12.1 Å².